The molecule has 0 radical (unpaired) electrons. The van der Waals surface area contributed by atoms with E-state index in [0.717, 1.165) is 38.0 Å². The molecule has 4 nitrogen and oxygen atoms in total. The van der Waals surface area contributed by atoms with E-state index in [1.54, 1.807) is 12.0 Å². The molecule has 0 aromatic heterocycles. The first-order chi connectivity index (χ1) is 13.2. The lowest BCUT2D eigenvalue weighted by Crippen LogP contribution is -3.14. The number of carbonyl (C=O) groups is 1. The van der Waals surface area contributed by atoms with Crippen molar-refractivity contribution < 1.29 is 14.4 Å². The van der Waals surface area contributed by atoms with Gasteiger partial charge in [0.05, 0.1) is 19.6 Å². The maximum absolute atomic E-state index is 13.5. The summed E-state index contributed by atoms with van der Waals surface area (Å²) < 4.78 is 5.67. The smallest absolute Gasteiger partial charge is 0.256 e. The van der Waals surface area contributed by atoms with Crippen molar-refractivity contribution in [3.05, 3.63) is 48.0 Å². The normalized spacial score (nSPS) is 26.1. The van der Waals surface area contributed by atoms with Crippen molar-refractivity contribution in [1.29, 1.82) is 0 Å². The van der Waals surface area contributed by atoms with Crippen molar-refractivity contribution in [2.75, 3.05) is 33.3 Å². The predicted octanol–water partition coefficient (Wildman–Crippen LogP) is 2.63. The van der Waals surface area contributed by atoms with Crippen molar-refractivity contribution in [3.8, 4) is 0 Å². The van der Waals surface area contributed by atoms with Gasteiger partial charge in [-0.2, -0.15) is 0 Å². The molecule has 2 aliphatic rings. The molecular weight excluding hydrogens is 336 g/mol. The Bertz CT molecular complexity index is 616. The molecule has 27 heavy (non-hydrogen) atoms. The number of hydrogen-bond acceptors (Lipinski definition) is 2. The van der Waals surface area contributed by atoms with E-state index in [2.05, 4.69) is 24.0 Å². The minimum Gasteiger partial charge on any atom is -0.367 e. The first-order valence-corrected chi connectivity index (χ1v) is 10.6. The number of nitrogens with zero attached hydrogens (tertiary/aromatic N) is 1. The fraction of sp³-hybridized carbons (Fsp3) is 0.609. The highest BCUT2D eigenvalue weighted by molar-refractivity contribution is 5.82. The molecule has 1 aromatic rings. The van der Waals surface area contributed by atoms with Crippen LogP contribution in [0.2, 0.25) is 0 Å². The van der Waals surface area contributed by atoms with Crippen LogP contribution in [-0.2, 0) is 9.53 Å². The minimum absolute atomic E-state index is 0.126. The molecule has 4 atom stereocenters. The van der Waals surface area contributed by atoms with E-state index < -0.39 is 6.10 Å². The Morgan fingerprint density at radius 1 is 1.22 bits per heavy atom. The van der Waals surface area contributed by atoms with E-state index in [1.807, 2.05) is 30.3 Å². The molecule has 0 spiro atoms. The third kappa shape index (κ3) is 5.20. The molecule has 1 heterocycles. The zero-order chi connectivity index (χ0) is 19.1. The average Bonchev–Trinajstić information content (AvgIpc) is 3.17. The van der Waals surface area contributed by atoms with Gasteiger partial charge in [-0.1, -0.05) is 42.5 Å². The van der Waals surface area contributed by atoms with Crippen LogP contribution in [0.15, 0.2) is 42.5 Å². The number of amides is 1. The van der Waals surface area contributed by atoms with E-state index in [0.29, 0.717) is 12.0 Å². The first-order valence-electron chi connectivity index (χ1n) is 10.6. The number of nitrogens with one attached hydrogen (secondary N) is 1. The molecule has 1 N–H and O–H groups in total. The Morgan fingerprint density at radius 3 is 2.70 bits per heavy atom. The summed E-state index contributed by atoms with van der Waals surface area (Å²) in [5.74, 6) is 0.694. The summed E-state index contributed by atoms with van der Waals surface area (Å²) in [6.07, 6.45) is 9.94. The van der Waals surface area contributed by atoms with Gasteiger partial charge in [-0.25, -0.2) is 0 Å². The van der Waals surface area contributed by atoms with E-state index in [9.17, 15) is 4.79 Å². The van der Waals surface area contributed by atoms with Crippen molar-refractivity contribution in [2.45, 2.75) is 51.2 Å². The molecule has 1 aliphatic carbocycles. The van der Waals surface area contributed by atoms with E-state index in [4.69, 9.17) is 4.74 Å². The van der Waals surface area contributed by atoms with Gasteiger partial charge in [-0.3, -0.25) is 4.79 Å². The quantitative estimate of drug-likeness (QED) is 0.713. The highest BCUT2D eigenvalue weighted by Gasteiger charge is 2.34. The zero-order valence-electron chi connectivity index (χ0n) is 16.9. The van der Waals surface area contributed by atoms with Crippen LogP contribution < -0.4 is 4.90 Å². The second-order valence-electron chi connectivity index (χ2n) is 8.02. The van der Waals surface area contributed by atoms with Gasteiger partial charge in [0.25, 0.3) is 5.91 Å². The van der Waals surface area contributed by atoms with Crippen molar-refractivity contribution in [1.82, 2.24) is 4.90 Å². The van der Waals surface area contributed by atoms with Crippen molar-refractivity contribution in [3.63, 3.8) is 0 Å². The number of likely N-dealkylation sites (N-methyl/N-ethyl adjacent to an activating group) is 1. The number of ether oxygens (including phenoxy) is 1. The third-order valence-corrected chi connectivity index (χ3v) is 6.25. The molecule has 1 aromatic carbocycles. The largest absolute Gasteiger partial charge is 0.367 e. The maximum atomic E-state index is 13.5. The van der Waals surface area contributed by atoms with Crippen LogP contribution in [0.25, 0.3) is 0 Å². The molecule has 3 rings (SSSR count). The number of methoxy groups -OCH3 is 1. The Balaban J connectivity index is 1.76. The lowest BCUT2D eigenvalue weighted by Gasteiger charge is -2.33. The van der Waals surface area contributed by atoms with Crippen LogP contribution in [0.1, 0.15) is 50.7 Å². The summed E-state index contributed by atoms with van der Waals surface area (Å²) in [4.78, 5) is 17.3. The van der Waals surface area contributed by atoms with Crippen LogP contribution in [0.4, 0.5) is 0 Å². The Kier molecular flexibility index (Phi) is 7.48. The van der Waals surface area contributed by atoms with Gasteiger partial charge in [-0.05, 0) is 37.7 Å². The van der Waals surface area contributed by atoms with Crippen molar-refractivity contribution >= 4 is 5.91 Å². The minimum atomic E-state index is -0.503. The summed E-state index contributed by atoms with van der Waals surface area (Å²) in [7, 11) is 1.65. The number of rotatable bonds is 8. The standard InChI is InChI=1S/C23H34N2O2/c1-3-24-16-10-15-21(24)18-25(17-19-11-6-4-7-12-19)23(26)22(27-2)20-13-8-5-9-14-20/h4-6,8-9,13-14,19,21-22H,3,7,10-12,15-18H2,1-2H3/p+1/t19-,21-,22+/m0/s1. The molecule has 1 fully saturated rings. The number of allylic oxidation sites excluding steroid dienone is 2. The second-order valence-corrected chi connectivity index (χ2v) is 8.02. The van der Waals surface area contributed by atoms with Crippen molar-refractivity contribution in [2.24, 2.45) is 5.92 Å². The third-order valence-electron chi connectivity index (χ3n) is 6.25. The zero-order valence-corrected chi connectivity index (χ0v) is 16.9. The van der Waals surface area contributed by atoms with E-state index >= 15 is 0 Å². The van der Waals surface area contributed by atoms with Gasteiger partial charge >= 0.3 is 0 Å². The molecule has 1 saturated heterocycles. The van der Waals surface area contributed by atoms with E-state index in [1.165, 1.54) is 25.8 Å². The monoisotopic (exact) mass is 371 g/mol. The summed E-state index contributed by atoms with van der Waals surface area (Å²) in [5.41, 5.74) is 0.949. The van der Waals surface area contributed by atoms with Gasteiger partial charge in [0.1, 0.15) is 6.04 Å². The van der Waals surface area contributed by atoms with Crippen LogP contribution >= 0.6 is 0 Å². The fourth-order valence-electron chi connectivity index (χ4n) is 4.70. The summed E-state index contributed by atoms with van der Waals surface area (Å²) in [6.45, 7) is 6.35. The lowest BCUT2D eigenvalue weighted by atomic mass is 9.93. The molecule has 0 saturated carbocycles. The lowest BCUT2D eigenvalue weighted by molar-refractivity contribution is -0.909. The van der Waals surface area contributed by atoms with Crippen LogP contribution in [-0.4, -0.2) is 50.1 Å². The molecule has 0 bridgehead atoms. The summed E-state index contributed by atoms with van der Waals surface area (Å²) in [5, 5.41) is 0. The summed E-state index contributed by atoms with van der Waals surface area (Å²) >= 11 is 0. The van der Waals surface area contributed by atoms with Gasteiger partial charge < -0.3 is 14.5 Å². The summed E-state index contributed by atoms with van der Waals surface area (Å²) in [6, 6.07) is 10.5. The molecule has 148 valence electrons. The first kappa shape index (κ1) is 20.1. The average molecular weight is 372 g/mol. The van der Waals surface area contributed by atoms with E-state index in [-0.39, 0.29) is 5.91 Å². The maximum Gasteiger partial charge on any atom is 0.256 e. The van der Waals surface area contributed by atoms with Crippen LogP contribution in [0, 0.1) is 5.92 Å². The van der Waals surface area contributed by atoms with Gasteiger partial charge in [0, 0.05) is 26.5 Å². The second kappa shape index (κ2) is 10.0. The number of likely N-dealkylation sites (tertiary alicyclic amines) is 1. The highest BCUT2D eigenvalue weighted by atomic mass is 16.5. The van der Waals surface area contributed by atoms with Crippen LogP contribution in [0.3, 0.4) is 0 Å². The number of carbonyl (C=O) groups excluding carboxylic acids is 1. The molecule has 1 aliphatic heterocycles. The molecule has 1 amide bonds. The Morgan fingerprint density at radius 2 is 2.04 bits per heavy atom. The number of benzene rings is 1. The Hall–Kier alpha value is -1.65. The Labute approximate surface area is 164 Å². The molecular formula is C23H35N2O2+. The van der Waals surface area contributed by atoms with Crippen LogP contribution in [0.5, 0.6) is 0 Å². The number of quaternary nitrogens is 1. The SMILES string of the molecule is CC[NH+]1CCC[C@H]1CN(C[C@H]1CC=CCC1)C(=O)[C@H](OC)c1ccccc1. The topological polar surface area (TPSA) is 34.0 Å². The highest BCUT2D eigenvalue weighted by Crippen LogP contribution is 2.24. The predicted molar refractivity (Wildman–Crippen MR) is 109 cm³/mol. The van der Waals surface area contributed by atoms with Gasteiger partial charge in [0.2, 0.25) is 0 Å². The molecule has 1 unspecified atom stereocenters. The molecule has 4 heteroatoms. The van der Waals surface area contributed by atoms with Gasteiger partial charge in [0.15, 0.2) is 6.10 Å². The fourth-order valence-corrected chi connectivity index (χ4v) is 4.70. The number of hydrogen-bond donors (Lipinski definition) is 1. The van der Waals surface area contributed by atoms with Gasteiger partial charge in [-0.15, -0.1) is 0 Å².